The third kappa shape index (κ3) is 1.77. The fraction of sp³-hybridized carbons (Fsp3) is 0.500. The van der Waals surface area contributed by atoms with Gasteiger partial charge < -0.3 is 5.11 Å². The van der Waals surface area contributed by atoms with E-state index in [9.17, 15) is 0 Å². The SMILES string of the molecule is C/C(O)=C(\C)[N+]#N. The molecule has 0 fully saturated rings. The molecule has 0 radical (unpaired) electrons. The highest BCUT2D eigenvalue weighted by Crippen LogP contribution is 1.97. The second kappa shape index (κ2) is 2.19. The van der Waals surface area contributed by atoms with Crippen LogP contribution in [0.4, 0.5) is 0 Å². The van der Waals surface area contributed by atoms with Crippen molar-refractivity contribution in [1.29, 1.82) is 5.39 Å². The molecule has 0 rings (SSSR count). The molecule has 0 aliphatic carbocycles. The molecule has 0 aliphatic rings. The molecule has 3 heteroatoms. The van der Waals surface area contributed by atoms with Gasteiger partial charge in [0.25, 0.3) is 0 Å². The summed E-state index contributed by atoms with van der Waals surface area (Å²) in [5, 5.41) is 16.4. The van der Waals surface area contributed by atoms with Crippen LogP contribution in [-0.2, 0) is 0 Å². The molecule has 0 heterocycles. The second-order valence-electron chi connectivity index (χ2n) is 1.27. The Morgan fingerprint density at radius 3 is 2.00 bits per heavy atom. The first kappa shape index (κ1) is 5.96. The van der Waals surface area contributed by atoms with Gasteiger partial charge in [0.05, 0.1) is 0 Å². The smallest absolute Gasteiger partial charge is 0.395 e. The lowest BCUT2D eigenvalue weighted by molar-refractivity contribution is 0.409. The second-order valence-corrected chi connectivity index (χ2v) is 1.27. The van der Waals surface area contributed by atoms with Gasteiger partial charge in [-0.3, -0.25) is 0 Å². The van der Waals surface area contributed by atoms with Crippen molar-refractivity contribution in [2.75, 3.05) is 0 Å². The summed E-state index contributed by atoms with van der Waals surface area (Å²) in [6.07, 6.45) is 0. The Labute approximate surface area is 41.9 Å². The average molecular weight is 99.1 g/mol. The highest BCUT2D eigenvalue weighted by atomic mass is 16.3. The molecular weight excluding hydrogens is 92.1 g/mol. The van der Waals surface area contributed by atoms with E-state index in [-0.39, 0.29) is 11.5 Å². The highest BCUT2D eigenvalue weighted by Gasteiger charge is 2.03. The largest absolute Gasteiger partial charge is 0.505 e. The van der Waals surface area contributed by atoms with Gasteiger partial charge in [-0.15, -0.1) is 0 Å². The van der Waals surface area contributed by atoms with Gasteiger partial charge in [-0.25, -0.2) is 0 Å². The molecule has 0 saturated carbocycles. The zero-order valence-corrected chi connectivity index (χ0v) is 4.34. The summed E-state index contributed by atoms with van der Waals surface area (Å²) >= 11 is 0. The topological polar surface area (TPSA) is 48.4 Å². The molecule has 38 valence electrons. The molecule has 0 bridgehead atoms. The Balaban J connectivity index is 4.07. The Kier molecular flexibility index (Phi) is 1.86. The predicted octanol–water partition coefficient (Wildman–Crippen LogP) is 1.65. The third-order valence-corrected chi connectivity index (χ3v) is 0.674. The fourth-order valence-corrected chi connectivity index (χ4v) is 0.0724. The summed E-state index contributed by atoms with van der Waals surface area (Å²) in [7, 11) is 0. The number of allylic oxidation sites excluding steroid dienone is 2. The Morgan fingerprint density at radius 2 is 2.00 bits per heavy atom. The first-order valence-corrected chi connectivity index (χ1v) is 1.90. The van der Waals surface area contributed by atoms with Crippen LogP contribution in [0, 0.1) is 5.39 Å². The van der Waals surface area contributed by atoms with Gasteiger partial charge in [-0.05, 0) is 0 Å². The van der Waals surface area contributed by atoms with Crippen LogP contribution in [0.2, 0.25) is 0 Å². The number of hydrogen-bond donors (Lipinski definition) is 1. The van der Waals surface area contributed by atoms with Crippen LogP contribution in [0.5, 0.6) is 0 Å². The molecule has 0 saturated heterocycles. The van der Waals surface area contributed by atoms with E-state index in [1.807, 2.05) is 0 Å². The number of aliphatic hydroxyl groups is 1. The fourth-order valence-electron chi connectivity index (χ4n) is 0.0724. The molecule has 0 aromatic heterocycles. The quantitative estimate of drug-likeness (QED) is 0.370. The molecule has 0 aliphatic heterocycles. The molecule has 3 nitrogen and oxygen atoms in total. The van der Waals surface area contributed by atoms with Crippen LogP contribution in [0.1, 0.15) is 13.8 Å². The summed E-state index contributed by atoms with van der Waals surface area (Å²) in [6.45, 7) is 2.96. The number of aliphatic hydroxyl groups excluding tert-OH is 1. The van der Waals surface area contributed by atoms with E-state index in [2.05, 4.69) is 4.98 Å². The van der Waals surface area contributed by atoms with Crippen molar-refractivity contribution in [2.24, 2.45) is 0 Å². The van der Waals surface area contributed by atoms with Gasteiger partial charge in [0.15, 0.2) is 10.7 Å². The van der Waals surface area contributed by atoms with Crippen LogP contribution in [0.15, 0.2) is 11.5 Å². The normalized spacial score (nSPS) is 12.1. The van der Waals surface area contributed by atoms with Crippen molar-refractivity contribution >= 4 is 0 Å². The summed E-state index contributed by atoms with van der Waals surface area (Å²) in [5.41, 5.74) is 0.250. The van der Waals surface area contributed by atoms with Gasteiger partial charge in [0.2, 0.25) is 5.39 Å². The maximum atomic E-state index is 8.45. The van der Waals surface area contributed by atoms with Crippen LogP contribution in [-0.4, -0.2) is 5.11 Å². The van der Waals surface area contributed by atoms with Crippen molar-refractivity contribution in [3.8, 4) is 0 Å². The highest BCUT2D eigenvalue weighted by molar-refractivity contribution is 5.07. The minimum absolute atomic E-state index is 0.0440. The molecule has 0 spiro atoms. The van der Waals surface area contributed by atoms with Crippen molar-refractivity contribution in [3.05, 3.63) is 16.4 Å². The molecular formula is C4H7N2O+. The predicted molar refractivity (Wildman–Crippen MR) is 26.1 cm³/mol. The minimum atomic E-state index is 0.0440. The van der Waals surface area contributed by atoms with E-state index < -0.39 is 0 Å². The van der Waals surface area contributed by atoms with E-state index in [0.29, 0.717) is 0 Å². The third-order valence-electron chi connectivity index (χ3n) is 0.674. The molecule has 0 aromatic carbocycles. The molecule has 0 unspecified atom stereocenters. The van der Waals surface area contributed by atoms with Crippen molar-refractivity contribution in [3.63, 3.8) is 0 Å². The van der Waals surface area contributed by atoms with Crippen molar-refractivity contribution in [1.82, 2.24) is 0 Å². The molecule has 0 aromatic rings. The van der Waals surface area contributed by atoms with Crippen LogP contribution < -0.4 is 0 Å². The number of diazo groups is 1. The van der Waals surface area contributed by atoms with E-state index in [4.69, 9.17) is 10.5 Å². The van der Waals surface area contributed by atoms with Crippen molar-refractivity contribution in [2.45, 2.75) is 13.8 Å². The lowest BCUT2D eigenvalue weighted by atomic mass is 10.4. The molecule has 1 N–H and O–H groups in total. The number of hydrogen-bond acceptors (Lipinski definition) is 2. The first-order valence-electron chi connectivity index (χ1n) is 1.90. The zero-order chi connectivity index (χ0) is 5.86. The van der Waals surface area contributed by atoms with Gasteiger partial charge in [0, 0.05) is 13.8 Å². The summed E-state index contributed by atoms with van der Waals surface area (Å²) in [6, 6.07) is 0. The minimum Gasteiger partial charge on any atom is -0.505 e. The van der Waals surface area contributed by atoms with E-state index >= 15 is 0 Å². The van der Waals surface area contributed by atoms with E-state index in [1.54, 1.807) is 0 Å². The molecule has 7 heavy (non-hydrogen) atoms. The maximum absolute atomic E-state index is 8.45. The molecule has 0 atom stereocenters. The van der Waals surface area contributed by atoms with Crippen LogP contribution in [0.3, 0.4) is 0 Å². The number of rotatable bonds is 0. The average Bonchev–Trinajstić information content (AvgIpc) is 1.65. The summed E-state index contributed by atoms with van der Waals surface area (Å²) < 4.78 is 0. The van der Waals surface area contributed by atoms with Gasteiger partial charge in [0.1, 0.15) is 0 Å². The summed E-state index contributed by atoms with van der Waals surface area (Å²) in [4.78, 5) is 2.72. The zero-order valence-electron chi connectivity index (χ0n) is 4.34. The Hall–Kier alpha value is -1.04. The van der Waals surface area contributed by atoms with Gasteiger partial charge in [-0.2, -0.15) is 0 Å². The molecule has 0 amide bonds. The lowest BCUT2D eigenvalue weighted by Crippen LogP contribution is -1.72. The lowest BCUT2D eigenvalue weighted by Gasteiger charge is -1.73. The van der Waals surface area contributed by atoms with Gasteiger partial charge in [-0.1, -0.05) is 0 Å². The van der Waals surface area contributed by atoms with Gasteiger partial charge >= 0.3 is 5.70 Å². The Bertz CT molecular complexity index is 127. The first-order chi connectivity index (χ1) is 3.18. The Morgan fingerprint density at radius 1 is 1.57 bits per heavy atom. The number of nitrogens with zero attached hydrogens (tertiary/aromatic N) is 2. The standard InChI is InChI=1S/C4H6N2O/c1-3(6-5)4(2)7/h1-2H3/p+1/b4-3-. The monoisotopic (exact) mass is 99.1 g/mol. The van der Waals surface area contributed by atoms with Crippen LogP contribution >= 0.6 is 0 Å². The maximum Gasteiger partial charge on any atom is 0.395 e. The van der Waals surface area contributed by atoms with E-state index in [0.717, 1.165) is 0 Å². The van der Waals surface area contributed by atoms with Crippen LogP contribution in [0.25, 0.3) is 4.98 Å². The van der Waals surface area contributed by atoms with E-state index in [1.165, 1.54) is 13.8 Å². The van der Waals surface area contributed by atoms with Crippen molar-refractivity contribution < 1.29 is 5.11 Å². The summed E-state index contributed by atoms with van der Waals surface area (Å²) in [5.74, 6) is 0.0440.